The van der Waals surface area contributed by atoms with Crippen molar-refractivity contribution in [2.24, 2.45) is 0 Å². The Bertz CT molecular complexity index is 860. The Morgan fingerprint density at radius 3 is 2.90 bits per heavy atom. The van der Waals surface area contributed by atoms with Crippen molar-refractivity contribution in [1.82, 2.24) is 20.4 Å². The third kappa shape index (κ3) is 5.60. The highest BCUT2D eigenvalue weighted by atomic mass is 79.9. The van der Waals surface area contributed by atoms with E-state index in [0.717, 1.165) is 18.6 Å². The summed E-state index contributed by atoms with van der Waals surface area (Å²) in [5.41, 5.74) is 0.521. The molecule has 2 unspecified atom stereocenters. The van der Waals surface area contributed by atoms with E-state index in [1.165, 1.54) is 0 Å². The lowest BCUT2D eigenvalue weighted by Crippen LogP contribution is -2.51. The highest BCUT2D eigenvalue weighted by Crippen LogP contribution is 2.26. The van der Waals surface area contributed by atoms with Gasteiger partial charge in [-0.1, -0.05) is 17.3 Å². The summed E-state index contributed by atoms with van der Waals surface area (Å²) in [6, 6.07) is 6.65. The van der Waals surface area contributed by atoms with Gasteiger partial charge in [-0.15, -0.1) is 0 Å². The molecule has 7 nitrogen and oxygen atoms in total. The fraction of sp³-hybridized carbons (Fsp3) is 0.500. The fourth-order valence-corrected chi connectivity index (χ4v) is 4.39. The molecule has 1 aromatic carbocycles. The monoisotopic (exact) mass is 480 g/mol. The van der Waals surface area contributed by atoms with Gasteiger partial charge in [0, 0.05) is 17.6 Å². The normalized spacial score (nSPS) is 17.8. The maximum Gasteiger partial charge on any atom is 0.253 e. The molecule has 2 heterocycles. The predicted molar refractivity (Wildman–Crippen MR) is 116 cm³/mol. The molecular formula is C20H25BrN4O3S. The summed E-state index contributed by atoms with van der Waals surface area (Å²) in [5.74, 6) is 1.69. The molecule has 1 fully saturated rings. The van der Waals surface area contributed by atoms with Gasteiger partial charge in [0.25, 0.3) is 5.91 Å². The van der Waals surface area contributed by atoms with E-state index in [1.54, 1.807) is 30.8 Å². The van der Waals surface area contributed by atoms with Gasteiger partial charge in [-0.25, -0.2) is 0 Å². The van der Waals surface area contributed by atoms with Crippen LogP contribution in [0.3, 0.4) is 0 Å². The van der Waals surface area contributed by atoms with Gasteiger partial charge < -0.3 is 14.7 Å². The SMILES string of the molecule is CSCCC(NC(=O)c1ccccc1Br)C(=O)N1CCCC(c2nc(C)no2)C1. The van der Waals surface area contributed by atoms with E-state index >= 15 is 0 Å². The molecule has 1 aliphatic rings. The Balaban J connectivity index is 1.71. The zero-order valence-electron chi connectivity index (χ0n) is 16.6. The molecule has 2 aromatic rings. The van der Waals surface area contributed by atoms with E-state index in [0.29, 0.717) is 41.3 Å². The molecule has 2 amide bonds. The van der Waals surface area contributed by atoms with Gasteiger partial charge in [-0.2, -0.15) is 16.7 Å². The number of nitrogens with zero attached hydrogens (tertiary/aromatic N) is 3. The zero-order chi connectivity index (χ0) is 20.8. The van der Waals surface area contributed by atoms with Crippen molar-refractivity contribution >= 4 is 39.5 Å². The lowest BCUT2D eigenvalue weighted by molar-refractivity contribution is -0.134. The predicted octanol–water partition coefficient (Wildman–Crippen LogP) is 3.40. The first-order valence-electron chi connectivity index (χ1n) is 9.63. The Morgan fingerprint density at radius 2 is 2.21 bits per heavy atom. The third-order valence-corrected chi connectivity index (χ3v) is 6.29. The smallest absolute Gasteiger partial charge is 0.253 e. The van der Waals surface area contributed by atoms with E-state index in [2.05, 4.69) is 31.4 Å². The minimum absolute atomic E-state index is 0.0362. The van der Waals surface area contributed by atoms with Gasteiger partial charge in [-0.3, -0.25) is 9.59 Å². The van der Waals surface area contributed by atoms with Crippen LogP contribution >= 0.6 is 27.7 Å². The number of piperidine rings is 1. The summed E-state index contributed by atoms with van der Waals surface area (Å²) >= 11 is 5.06. The lowest BCUT2D eigenvalue weighted by Gasteiger charge is -2.34. The van der Waals surface area contributed by atoms with Gasteiger partial charge in [0.05, 0.1) is 11.5 Å². The number of aryl methyl sites for hydroxylation is 1. The standard InChI is InChI=1S/C20H25BrN4O3S/c1-13-22-19(28-24-13)14-6-5-10-25(12-14)20(27)17(9-11-29-2)23-18(26)15-7-3-4-8-16(15)21/h3-4,7-8,14,17H,5-6,9-12H2,1-2H3,(H,23,26). The first-order valence-corrected chi connectivity index (χ1v) is 11.8. The molecule has 0 aliphatic carbocycles. The zero-order valence-corrected chi connectivity index (χ0v) is 19.0. The topological polar surface area (TPSA) is 88.3 Å². The molecule has 1 aromatic heterocycles. The molecule has 0 saturated carbocycles. The maximum absolute atomic E-state index is 13.3. The van der Waals surface area contributed by atoms with Gasteiger partial charge >= 0.3 is 0 Å². The lowest BCUT2D eigenvalue weighted by atomic mass is 9.97. The van der Waals surface area contributed by atoms with Crippen LogP contribution in [0, 0.1) is 6.92 Å². The second kappa shape index (κ2) is 10.2. The van der Waals surface area contributed by atoms with E-state index in [4.69, 9.17) is 4.52 Å². The Hall–Kier alpha value is -1.87. The average molecular weight is 481 g/mol. The van der Waals surface area contributed by atoms with E-state index in [9.17, 15) is 9.59 Å². The first-order chi connectivity index (χ1) is 14.0. The van der Waals surface area contributed by atoms with Crippen LogP contribution in [-0.2, 0) is 4.79 Å². The van der Waals surface area contributed by atoms with Crippen molar-refractivity contribution < 1.29 is 14.1 Å². The molecule has 0 bridgehead atoms. The number of thioether (sulfide) groups is 1. The van der Waals surface area contributed by atoms with Crippen LogP contribution < -0.4 is 5.32 Å². The number of hydrogen-bond donors (Lipinski definition) is 1. The molecule has 1 saturated heterocycles. The first kappa shape index (κ1) is 21.8. The van der Waals surface area contributed by atoms with Crippen LogP contribution in [0.5, 0.6) is 0 Å². The Labute approximate surface area is 183 Å². The van der Waals surface area contributed by atoms with E-state index in [-0.39, 0.29) is 17.7 Å². The van der Waals surface area contributed by atoms with Crippen LogP contribution in [0.4, 0.5) is 0 Å². The number of hydrogen-bond acceptors (Lipinski definition) is 6. The van der Waals surface area contributed by atoms with Crippen molar-refractivity contribution in [3.63, 3.8) is 0 Å². The van der Waals surface area contributed by atoms with Gasteiger partial charge in [0.2, 0.25) is 11.8 Å². The van der Waals surface area contributed by atoms with Gasteiger partial charge in [0.1, 0.15) is 6.04 Å². The van der Waals surface area contributed by atoms with Crippen LogP contribution in [0.1, 0.15) is 47.3 Å². The minimum atomic E-state index is -0.565. The molecule has 3 rings (SSSR count). The molecule has 2 atom stereocenters. The van der Waals surface area contributed by atoms with Crippen molar-refractivity contribution in [3.05, 3.63) is 46.0 Å². The quantitative estimate of drug-likeness (QED) is 0.652. The molecule has 0 spiro atoms. The maximum atomic E-state index is 13.3. The Morgan fingerprint density at radius 1 is 1.41 bits per heavy atom. The van der Waals surface area contributed by atoms with E-state index in [1.807, 2.05) is 23.3 Å². The van der Waals surface area contributed by atoms with Gasteiger partial charge in [0.15, 0.2) is 5.82 Å². The summed E-state index contributed by atoms with van der Waals surface area (Å²) in [7, 11) is 0. The second-order valence-corrected chi connectivity index (χ2v) is 8.93. The number of carbonyl (C=O) groups is 2. The minimum Gasteiger partial charge on any atom is -0.340 e. The molecule has 156 valence electrons. The van der Waals surface area contributed by atoms with Crippen LogP contribution in [0.15, 0.2) is 33.3 Å². The molecule has 9 heteroatoms. The molecule has 29 heavy (non-hydrogen) atoms. The number of aromatic nitrogens is 2. The molecular weight excluding hydrogens is 456 g/mol. The number of halogens is 1. The highest BCUT2D eigenvalue weighted by Gasteiger charge is 2.32. The number of carbonyl (C=O) groups excluding carboxylic acids is 2. The molecule has 0 radical (unpaired) electrons. The van der Waals surface area contributed by atoms with Crippen molar-refractivity contribution in [2.75, 3.05) is 25.1 Å². The number of benzene rings is 1. The van der Waals surface area contributed by atoms with Gasteiger partial charge in [-0.05, 0) is 66.3 Å². The summed E-state index contributed by atoms with van der Waals surface area (Å²) in [4.78, 5) is 32.2. The summed E-state index contributed by atoms with van der Waals surface area (Å²) in [5, 5.41) is 6.80. The molecule has 1 N–H and O–H groups in total. The third-order valence-electron chi connectivity index (χ3n) is 4.96. The van der Waals surface area contributed by atoms with Crippen molar-refractivity contribution in [3.8, 4) is 0 Å². The van der Waals surface area contributed by atoms with Crippen molar-refractivity contribution in [2.45, 2.75) is 38.1 Å². The fourth-order valence-electron chi connectivity index (χ4n) is 3.45. The number of amides is 2. The van der Waals surface area contributed by atoms with Crippen LogP contribution in [0.25, 0.3) is 0 Å². The summed E-state index contributed by atoms with van der Waals surface area (Å²) in [6.45, 7) is 2.98. The summed E-state index contributed by atoms with van der Waals surface area (Å²) in [6.07, 6.45) is 4.35. The van der Waals surface area contributed by atoms with Crippen molar-refractivity contribution in [1.29, 1.82) is 0 Å². The van der Waals surface area contributed by atoms with E-state index < -0.39 is 6.04 Å². The van der Waals surface area contributed by atoms with Crippen LogP contribution in [-0.4, -0.2) is 58.0 Å². The highest BCUT2D eigenvalue weighted by molar-refractivity contribution is 9.10. The summed E-state index contributed by atoms with van der Waals surface area (Å²) < 4.78 is 6.02. The number of nitrogens with one attached hydrogen (secondary N) is 1. The average Bonchev–Trinajstić information content (AvgIpc) is 3.17. The number of likely N-dealkylation sites (tertiary alicyclic amines) is 1. The van der Waals surface area contributed by atoms with Crippen LogP contribution in [0.2, 0.25) is 0 Å². The second-order valence-electron chi connectivity index (χ2n) is 7.09. The molecule has 1 aliphatic heterocycles. The largest absolute Gasteiger partial charge is 0.340 e. The Kier molecular flexibility index (Phi) is 7.71. The number of rotatable bonds is 7.